The molecule has 0 aliphatic rings. The van der Waals surface area contributed by atoms with E-state index in [1.165, 1.54) is 4.90 Å². The molecule has 3 N–H and O–H groups in total. The minimum Gasteiger partial charge on any atom is -0.463 e. The van der Waals surface area contributed by atoms with E-state index in [4.69, 9.17) is 4.74 Å². The molecular weight excluding hydrogens is 654 g/mol. The van der Waals surface area contributed by atoms with Crippen LogP contribution in [0.3, 0.4) is 0 Å². The molecule has 0 spiro atoms. The molecule has 0 aliphatic heterocycles. The van der Waals surface area contributed by atoms with Gasteiger partial charge < -0.3 is 25.4 Å². The highest BCUT2D eigenvalue weighted by atomic mass is 16.5. The molecule has 0 saturated heterocycles. The highest BCUT2D eigenvalue weighted by Gasteiger charge is 2.30. The van der Waals surface area contributed by atoms with Crippen molar-refractivity contribution in [3.63, 3.8) is 0 Å². The molecule has 0 unspecified atom stereocenters. The van der Waals surface area contributed by atoms with Crippen molar-refractivity contribution in [2.24, 2.45) is 11.8 Å². The van der Waals surface area contributed by atoms with Gasteiger partial charge in [-0.1, -0.05) is 103 Å². The number of nitrogens with one attached hydrogen (secondary N) is 2. The number of allylic oxidation sites excluding steroid dienone is 2. The number of unbranched alkanes of at least 4 members (excludes halogenated alkanes) is 1. The van der Waals surface area contributed by atoms with E-state index in [0.717, 1.165) is 34.7 Å². The lowest BCUT2D eigenvalue weighted by atomic mass is 9.94. The van der Waals surface area contributed by atoms with E-state index in [1.54, 1.807) is 12.1 Å². The zero-order chi connectivity index (χ0) is 37.1. The molecule has 4 rings (SSSR count). The summed E-state index contributed by atoms with van der Waals surface area (Å²) in [5.41, 5.74) is 2.39. The third-order valence-corrected chi connectivity index (χ3v) is 8.84. The highest BCUT2D eigenvalue weighted by molar-refractivity contribution is 5.99. The van der Waals surface area contributed by atoms with Crippen LogP contribution in [-0.4, -0.2) is 59.5 Å². The number of amides is 3. The lowest BCUT2D eigenvalue weighted by Gasteiger charge is -2.26. The van der Waals surface area contributed by atoms with Crippen molar-refractivity contribution in [2.75, 3.05) is 25.1 Å². The van der Waals surface area contributed by atoms with Crippen LogP contribution in [0.5, 0.6) is 0 Å². The number of ether oxygens (including phenoxy) is 1. The predicted octanol–water partition coefficient (Wildman–Crippen LogP) is 6.63. The Morgan fingerprint density at radius 2 is 1.46 bits per heavy atom. The molecule has 4 aromatic carbocycles. The Kier molecular flexibility index (Phi) is 15.8. The average Bonchev–Trinajstić information content (AvgIpc) is 3.16. The second kappa shape index (κ2) is 21.0. The van der Waals surface area contributed by atoms with E-state index in [9.17, 15) is 24.3 Å². The zero-order valence-corrected chi connectivity index (χ0v) is 29.6. The van der Waals surface area contributed by atoms with Gasteiger partial charge in [-0.25, -0.2) is 0 Å². The molecule has 0 aliphatic carbocycles. The van der Waals surface area contributed by atoms with Crippen molar-refractivity contribution in [3.05, 3.63) is 140 Å². The van der Waals surface area contributed by atoms with Crippen molar-refractivity contribution < 1.29 is 29.0 Å². The number of nitrogens with zero attached hydrogens (tertiary/aromatic N) is 1. The maximum Gasteiger partial charge on any atom is 0.309 e. The maximum atomic E-state index is 13.8. The molecule has 3 atom stereocenters. The largest absolute Gasteiger partial charge is 0.463 e. The first-order chi connectivity index (χ1) is 25.3. The molecule has 0 heterocycles. The Hall–Kier alpha value is -5.54. The number of rotatable bonds is 21. The molecule has 272 valence electrons. The molecule has 0 saturated carbocycles. The van der Waals surface area contributed by atoms with Gasteiger partial charge >= 0.3 is 5.97 Å². The predicted molar refractivity (Wildman–Crippen MR) is 205 cm³/mol. The molecule has 4 aromatic rings. The van der Waals surface area contributed by atoms with Gasteiger partial charge in [0.05, 0.1) is 18.4 Å². The summed E-state index contributed by atoms with van der Waals surface area (Å²) in [5, 5.41) is 17.2. The van der Waals surface area contributed by atoms with E-state index in [0.29, 0.717) is 18.5 Å². The normalized spacial score (nSPS) is 12.6. The SMILES string of the molecule is C=CCCC[C@H](Cc1ccccc1)C(=O)OC[C@H](NC(=O)[C@@H](CC=C)CC(=O)N(CCO)Cc1ccccc1)C(=O)Nc1ccc2ccccc2c1. The number of hydrogen-bond donors (Lipinski definition) is 3. The van der Waals surface area contributed by atoms with E-state index in [1.807, 2.05) is 103 Å². The lowest BCUT2D eigenvalue weighted by molar-refractivity contribution is -0.151. The minimum atomic E-state index is -1.26. The fourth-order valence-corrected chi connectivity index (χ4v) is 6.00. The number of benzene rings is 4. The van der Waals surface area contributed by atoms with Crippen LogP contribution in [0.1, 0.15) is 43.2 Å². The van der Waals surface area contributed by atoms with Crippen molar-refractivity contribution in [1.29, 1.82) is 0 Å². The minimum absolute atomic E-state index is 0.0971. The summed E-state index contributed by atoms with van der Waals surface area (Å²) in [6.07, 6.45) is 5.87. The van der Waals surface area contributed by atoms with Gasteiger partial charge in [0.1, 0.15) is 12.6 Å². The van der Waals surface area contributed by atoms with Gasteiger partial charge in [0, 0.05) is 25.2 Å². The Morgan fingerprint density at radius 3 is 2.13 bits per heavy atom. The molecule has 3 amide bonds. The molecule has 9 heteroatoms. The quantitative estimate of drug-likeness (QED) is 0.0509. The summed E-state index contributed by atoms with van der Waals surface area (Å²) in [4.78, 5) is 56.2. The van der Waals surface area contributed by atoms with Gasteiger partial charge in [0.2, 0.25) is 11.8 Å². The Morgan fingerprint density at radius 1 is 0.788 bits per heavy atom. The van der Waals surface area contributed by atoms with Crippen LogP contribution in [0, 0.1) is 11.8 Å². The molecule has 9 nitrogen and oxygen atoms in total. The van der Waals surface area contributed by atoms with Crippen LogP contribution in [0.25, 0.3) is 10.8 Å². The van der Waals surface area contributed by atoms with Crippen LogP contribution < -0.4 is 10.6 Å². The maximum absolute atomic E-state index is 13.8. The number of hydrogen-bond acceptors (Lipinski definition) is 6. The second-order valence-electron chi connectivity index (χ2n) is 12.8. The fraction of sp³-hybridized carbons (Fsp3) is 0.302. The monoisotopic (exact) mass is 703 g/mol. The first kappa shape index (κ1) is 39.2. The third kappa shape index (κ3) is 12.3. The zero-order valence-electron chi connectivity index (χ0n) is 29.6. The fourth-order valence-electron chi connectivity index (χ4n) is 6.00. The van der Waals surface area contributed by atoms with Gasteiger partial charge in [0.15, 0.2) is 0 Å². The second-order valence-corrected chi connectivity index (χ2v) is 12.8. The Labute approximate surface area is 306 Å². The van der Waals surface area contributed by atoms with Gasteiger partial charge in [-0.15, -0.1) is 13.2 Å². The number of carbonyl (C=O) groups is 4. The summed E-state index contributed by atoms with van der Waals surface area (Å²) in [6.45, 7) is 7.29. The Bertz CT molecular complexity index is 1780. The van der Waals surface area contributed by atoms with Gasteiger partial charge in [-0.2, -0.15) is 0 Å². The average molecular weight is 704 g/mol. The number of fused-ring (bicyclic) bond motifs is 1. The number of esters is 1. The van der Waals surface area contributed by atoms with Gasteiger partial charge in [-0.05, 0) is 66.1 Å². The van der Waals surface area contributed by atoms with Crippen LogP contribution in [-0.2, 0) is 36.9 Å². The van der Waals surface area contributed by atoms with Crippen LogP contribution in [0.2, 0.25) is 0 Å². The first-order valence-electron chi connectivity index (χ1n) is 17.8. The van der Waals surface area contributed by atoms with Gasteiger partial charge in [0.25, 0.3) is 5.91 Å². The van der Waals surface area contributed by atoms with E-state index < -0.39 is 42.3 Å². The third-order valence-electron chi connectivity index (χ3n) is 8.84. The Balaban J connectivity index is 1.52. The van der Waals surface area contributed by atoms with E-state index >= 15 is 0 Å². The molecular formula is C43H49N3O6. The van der Waals surface area contributed by atoms with Gasteiger partial charge in [-0.3, -0.25) is 19.2 Å². The van der Waals surface area contributed by atoms with Crippen molar-refractivity contribution in [1.82, 2.24) is 10.2 Å². The topological polar surface area (TPSA) is 125 Å². The molecule has 0 radical (unpaired) electrons. The molecule has 0 aromatic heterocycles. The molecule has 0 bridgehead atoms. The van der Waals surface area contributed by atoms with Crippen LogP contribution in [0.15, 0.2) is 128 Å². The summed E-state index contributed by atoms with van der Waals surface area (Å²) >= 11 is 0. The molecule has 0 fully saturated rings. The van der Waals surface area contributed by atoms with E-state index in [-0.39, 0.29) is 38.4 Å². The summed E-state index contributed by atoms with van der Waals surface area (Å²) < 4.78 is 5.79. The number of carbonyl (C=O) groups excluding carboxylic acids is 4. The highest BCUT2D eigenvalue weighted by Crippen LogP contribution is 2.21. The summed E-state index contributed by atoms with van der Waals surface area (Å²) in [6, 6.07) is 31.0. The number of anilines is 1. The number of aliphatic hydroxyl groups is 1. The van der Waals surface area contributed by atoms with Crippen LogP contribution >= 0.6 is 0 Å². The first-order valence-corrected chi connectivity index (χ1v) is 17.8. The van der Waals surface area contributed by atoms with Crippen molar-refractivity contribution in [3.8, 4) is 0 Å². The summed E-state index contributed by atoms with van der Waals surface area (Å²) in [5.74, 6) is -3.25. The smallest absolute Gasteiger partial charge is 0.309 e. The summed E-state index contributed by atoms with van der Waals surface area (Å²) in [7, 11) is 0. The van der Waals surface area contributed by atoms with E-state index in [2.05, 4.69) is 23.8 Å². The standard InChI is InChI=1S/C43H49N3O6/c1-3-5-8-22-37(27-32-16-9-6-10-17-32)43(51)52-31-39(42(50)44-38-24-23-34-20-13-14-21-35(34)28-38)45-41(49)36(15-4-2)29-40(48)46(25-26-47)30-33-18-11-7-12-19-33/h3-4,6-7,9-14,16-21,23-24,28,36-37,39,47H,1-2,5,8,15,22,25-27,29-31H2,(H,44,50)(H,45,49)/t36-,37+,39-/m0/s1. The molecule has 52 heavy (non-hydrogen) atoms. The van der Waals surface area contributed by atoms with Crippen molar-refractivity contribution in [2.45, 2.75) is 51.1 Å². The van der Waals surface area contributed by atoms with Crippen LogP contribution in [0.4, 0.5) is 5.69 Å². The van der Waals surface area contributed by atoms with Crippen molar-refractivity contribution >= 4 is 40.2 Å². The number of aliphatic hydroxyl groups excluding tert-OH is 1. The lowest BCUT2D eigenvalue weighted by Crippen LogP contribution is -2.50.